The van der Waals surface area contributed by atoms with Crippen LogP contribution in [0.15, 0.2) is 0 Å². The summed E-state index contributed by atoms with van der Waals surface area (Å²) in [5.74, 6) is 0. The summed E-state index contributed by atoms with van der Waals surface area (Å²) in [6.07, 6.45) is 5.59. The van der Waals surface area contributed by atoms with Gasteiger partial charge in [0.25, 0.3) is 10.2 Å². The van der Waals surface area contributed by atoms with Crippen LogP contribution in [-0.4, -0.2) is 43.1 Å². The van der Waals surface area contributed by atoms with Gasteiger partial charge in [0.1, 0.15) is 0 Å². The number of rotatable bonds is 4. The van der Waals surface area contributed by atoms with Gasteiger partial charge in [-0.25, -0.2) is 0 Å². The highest BCUT2D eigenvalue weighted by Crippen LogP contribution is 2.24. The molecule has 1 saturated heterocycles. The summed E-state index contributed by atoms with van der Waals surface area (Å²) in [4.78, 5) is 0. The van der Waals surface area contributed by atoms with Gasteiger partial charge in [0.15, 0.2) is 0 Å². The summed E-state index contributed by atoms with van der Waals surface area (Å²) in [6, 6.07) is -0.105. The van der Waals surface area contributed by atoms with Crippen molar-refractivity contribution in [2.24, 2.45) is 0 Å². The van der Waals surface area contributed by atoms with Gasteiger partial charge in [-0.2, -0.15) is 17.4 Å². The Morgan fingerprint density at radius 2 is 1.94 bits per heavy atom. The number of aliphatic hydroxyl groups excluding tert-OH is 1. The second kappa shape index (κ2) is 5.00. The summed E-state index contributed by atoms with van der Waals surface area (Å²) in [7, 11) is -3.38. The first-order chi connectivity index (χ1) is 7.63. The molecule has 1 aliphatic carbocycles. The van der Waals surface area contributed by atoms with E-state index in [1.54, 1.807) is 0 Å². The molecule has 2 rings (SSSR count). The van der Waals surface area contributed by atoms with Crippen LogP contribution in [-0.2, 0) is 10.2 Å². The first kappa shape index (κ1) is 12.3. The van der Waals surface area contributed by atoms with E-state index in [1.807, 2.05) is 0 Å². The van der Waals surface area contributed by atoms with E-state index in [1.165, 1.54) is 4.31 Å². The molecule has 0 amide bonds. The van der Waals surface area contributed by atoms with Crippen LogP contribution in [0.25, 0.3) is 0 Å². The Morgan fingerprint density at radius 3 is 2.56 bits per heavy atom. The quantitative estimate of drug-likeness (QED) is 0.748. The second-order valence-electron chi connectivity index (χ2n) is 4.69. The second-order valence-corrected chi connectivity index (χ2v) is 6.35. The van der Waals surface area contributed by atoms with Gasteiger partial charge in [0.05, 0.1) is 6.61 Å². The highest BCUT2D eigenvalue weighted by molar-refractivity contribution is 7.87. The van der Waals surface area contributed by atoms with Crippen LogP contribution in [0.3, 0.4) is 0 Å². The maximum Gasteiger partial charge on any atom is 0.280 e. The lowest BCUT2D eigenvalue weighted by Crippen LogP contribution is -2.48. The fourth-order valence-electron chi connectivity index (χ4n) is 2.13. The molecule has 1 atom stereocenters. The van der Waals surface area contributed by atoms with Crippen LogP contribution in [0.1, 0.15) is 38.5 Å². The van der Waals surface area contributed by atoms with E-state index in [0.717, 1.165) is 38.5 Å². The standard InChI is InChI=1S/C10H20N2O3S/c13-8-10-4-2-1-3-7-12(10)16(14,15)11-9-5-6-9/h9-11,13H,1-8H2. The molecule has 6 heteroatoms. The normalized spacial score (nSPS) is 28.9. The Bertz CT molecular complexity index is 327. The number of nitrogens with zero attached hydrogens (tertiary/aromatic N) is 1. The Hall–Kier alpha value is -0.170. The molecule has 2 N–H and O–H groups in total. The molecular formula is C10H20N2O3S. The Balaban J connectivity index is 2.07. The molecule has 16 heavy (non-hydrogen) atoms. The third-order valence-electron chi connectivity index (χ3n) is 3.24. The van der Waals surface area contributed by atoms with Crippen LogP contribution < -0.4 is 4.72 Å². The summed E-state index contributed by atoms with van der Waals surface area (Å²) in [5.41, 5.74) is 0. The topological polar surface area (TPSA) is 69.6 Å². The van der Waals surface area contributed by atoms with Crippen LogP contribution >= 0.6 is 0 Å². The summed E-state index contributed by atoms with van der Waals surface area (Å²) in [5, 5.41) is 9.27. The third-order valence-corrected chi connectivity index (χ3v) is 4.96. The molecule has 0 radical (unpaired) electrons. The zero-order valence-electron chi connectivity index (χ0n) is 9.43. The average Bonchev–Trinajstić information content (AvgIpc) is 3.02. The van der Waals surface area contributed by atoms with E-state index in [9.17, 15) is 13.5 Å². The van der Waals surface area contributed by atoms with Crippen molar-refractivity contribution in [3.05, 3.63) is 0 Å². The largest absolute Gasteiger partial charge is 0.395 e. The van der Waals surface area contributed by atoms with E-state index in [0.29, 0.717) is 6.54 Å². The first-order valence-electron chi connectivity index (χ1n) is 6.03. The molecular weight excluding hydrogens is 228 g/mol. The van der Waals surface area contributed by atoms with Crippen LogP contribution in [0.4, 0.5) is 0 Å². The van der Waals surface area contributed by atoms with Gasteiger partial charge in [-0.1, -0.05) is 12.8 Å². The van der Waals surface area contributed by atoms with E-state index in [-0.39, 0.29) is 18.7 Å². The van der Waals surface area contributed by atoms with Gasteiger partial charge in [0, 0.05) is 18.6 Å². The van der Waals surface area contributed by atoms with E-state index in [2.05, 4.69) is 4.72 Å². The SMILES string of the molecule is O=S(=O)(NC1CC1)N1CCCCCC1CO. The number of hydrogen-bond donors (Lipinski definition) is 2. The minimum atomic E-state index is -3.38. The molecule has 0 aromatic heterocycles. The predicted octanol–water partition coefficient (Wildman–Crippen LogP) is 0.220. The summed E-state index contributed by atoms with van der Waals surface area (Å²) >= 11 is 0. The van der Waals surface area contributed by atoms with Crippen molar-refractivity contribution < 1.29 is 13.5 Å². The molecule has 0 spiro atoms. The first-order valence-corrected chi connectivity index (χ1v) is 7.47. The molecule has 0 aromatic carbocycles. The maximum absolute atomic E-state index is 12.1. The summed E-state index contributed by atoms with van der Waals surface area (Å²) < 4.78 is 28.3. The summed E-state index contributed by atoms with van der Waals surface area (Å²) in [6.45, 7) is 0.457. The van der Waals surface area contributed by atoms with Crippen molar-refractivity contribution in [1.29, 1.82) is 0 Å². The predicted molar refractivity (Wildman–Crippen MR) is 61.1 cm³/mol. The van der Waals surface area contributed by atoms with Gasteiger partial charge < -0.3 is 5.11 Å². The molecule has 94 valence electrons. The number of nitrogens with one attached hydrogen (secondary N) is 1. The molecule has 1 heterocycles. The van der Waals surface area contributed by atoms with Crippen molar-refractivity contribution in [1.82, 2.24) is 9.03 Å². The molecule has 1 unspecified atom stereocenters. The number of hydrogen-bond acceptors (Lipinski definition) is 3. The highest BCUT2D eigenvalue weighted by atomic mass is 32.2. The lowest BCUT2D eigenvalue weighted by molar-refractivity contribution is 0.185. The van der Waals surface area contributed by atoms with Gasteiger partial charge in [-0.05, 0) is 25.7 Å². The Morgan fingerprint density at radius 1 is 1.19 bits per heavy atom. The van der Waals surface area contributed by atoms with E-state index < -0.39 is 10.2 Å². The van der Waals surface area contributed by atoms with E-state index in [4.69, 9.17) is 0 Å². The smallest absolute Gasteiger partial charge is 0.280 e. The van der Waals surface area contributed by atoms with Crippen LogP contribution in [0.5, 0.6) is 0 Å². The number of aliphatic hydroxyl groups is 1. The Labute approximate surface area is 97.0 Å². The van der Waals surface area contributed by atoms with Gasteiger partial charge in [-0.3, -0.25) is 0 Å². The molecule has 2 fully saturated rings. The molecule has 0 aromatic rings. The van der Waals surface area contributed by atoms with Crippen LogP contribution in [0, 0.1) is 0 Å². The Kier molecular flexibility index (Phi) is 3.84. The van der Waals surface area contributed by atoms with Crippen molar-refractivity contribution >= 4 is 10.2 Å². The van der Waals surface area contributed by atoms with Crippen molar-refractivity contribution in [2.45, 2.75) is 50.6 Å². The van der Waals surface area contributed by atoms with Crippen molar-refractivity contribution in [3.8, 4) is 0 Å². The average molecular weight is 248 g/mol. The zero-order valence-corrected chi connectivity index (χ0v) is 10.2. The zero-order chi connectivity index (χ0) is 11.6. The molecule has 5 nitrogen and oxygen atoms in total. The monoisotopic (exact) mass is 248 g/mol. The lowest BCUT2D eigenvalue weighted by atomic mass is 10.1. The lowest BCUT2D eigenvalue weighted by Gasteiger charge is -2.27. The fourth-order valence-corrected chi connectivity index (χ4v) is 3.86. The van der Waals surface area contributed by atoms with Crippen molar-refractivity contribution in [3.63, 3.8) is 0 Å². The minimum absolute atomic E-state index is 0.0778. The molecule has 1 saturated carbocycles. The van der Waals surface area contributed by atoms with E-state index >= 15 is 0 Å². The van der Waals surface area contributed by atoms with Gasteiger partial charge in [-0.15, -0.1) is 0 Å². The molecule has 2 aliphatic rings. The minimum Gasteiger partial charge on any atom is -0.395 e. The fraction of sp³-hybridized carbons (Fsp3) is 1.00. The van der Waals surface area contributed by atoms with Crippen molar-refractivity contribution in [2.75, 3.05) is 13.2 Å². The highest BCUT2D eigenvalue weighted by Gasteiger charge is 2.35. The van der Waals surface area contributed by atoms with Gasteiger partial charge >= 0.3 is 0 Å². The third kappa shape index (κ3) is 2.94. The molecule has 0 bridgehead atoms. The maximum atomic E-state index is 12.1. The van der Waals surface area contributed by atoms with Gasteiger partial charge in [0.2, 0.25) is 0 Å². The molecule has 1 aliphatic heterocycles. The van der Waals surface area contributed by atoms with Crippen LogP contribution in [0.2, 0.25) is 0 Å².